The van der Waals surface area contributed by atoms with Crippen molar-refractivity contribution in [1.82, 2.24) is 25.0 Å². The number of likely N-dealkylation sites (tertiary alicyclic amines) is 1. The number of piperidine rings is 1. The molecule has 2 aliphatic heterocycles. The summed E-state index contributed by atoms with van der Waals surface area (Å²) in [5.74, 6) is 2.15. The van der Waals surface area contributed by atoms with Gasteiger partial charge in [0.15, 0.2) is 0 Å². The van der Waals surface area contributed by atoms with Gasteiger partial charge in [-0.3, -0.25) is 0 Å². The smallest absolute Gasteiger partial charge is 0.314 e. The molecule has 0 radical (unpaired) electrons. The Bertz CT molecular complexity index is 491. The Kier molecular flexibility index (Phi) is 3.60. The number of nitrogens with zero attached hydrogens (tertiary/aromatic N) is 4. The molecule has 110 valence electrons. The number of aryl methyl sites for hydroxylation is 1. The van der Waals surface area contributed by atoms with Gasteiger partial charge in [-0.25, -0.2) is 4.79 Å². The molecule has 0 saturated carbocycles. The van der Waals surface area contributed by atoms with E-state index in [2.05, 4.69) is 27.0 Å². The van der Waals surface area contributed by atoms with Gasteiger partial charge >= 0.3 is 6.03 Å². The Balaban J connectivity index is 1.57. The number of aromatic nitrogens is 3. The minimum absolute atomic E-state index is 0.194. The Morgan fingerprint density at radius 1 is 1.35 bits per heavy atom. The van der Waals surface area contributed by atoms with Crippen molar-refractivity contribution in [3.05, 3.63) is 11.6 Å². The number of nitrogens with two attached hydrogens (primary N) is 1. The summed E-state index contributed by atoms with van der Waals surface area (Å²) < 4.78 is 2.23. The van der Waals surface area contributed by atoms with Gasteiger partial charge in [0.2, 0.25) is 0 Å². The number of amides is 2. The first-order chi connectivity index (χ1) is 9.65. The first kappa shape index (κ1) is 13.4. The van der Waals surface area contributed by atoms with Crippen molar-refractivity contribution in [3.8, 4) is 0 Å². The molecule has 1 aromatic rings. The average molecular weight is 278 g/mol. The highest BCUT2D eigenvalue weighted by Crippen LogP contribution is 2.21. The van der Waals surface area contributed by atoms with E-state index >= 15 is 0 Å². The van der Waals surface area contributed by atoms with Crippen LogP contribution in [0.15, 0.2) is 0 Å². The van der Waals surface area contributed by atoms with Gasteiger partial charge in [0.05, 0.1) is 6.04 Å². The van der Waals surface area contributed by atoms with Crippen LogP contribution in [0.2, 0.25) is 0 Å². The number of nitrogens with one attached hydrogen (secondary N) is 1. The lowest BCUT2D eigenvalue weighted by atomic mass is 10.0. The number of fused-ring (bicyclic) bond motifs is 1. The zero-order valence-corrected chi connectivity index (χ0v) is 11.9. The maximum Gasteiger partial charge on any atom is 0.314 e. The fourth-order valence-electron chi connectivity index (χ4n) is 3.19. The van der Waals surface area contributed by atoms with Gasteiger partial charge in [-0.2, -0.15) is 0 Å². The SMILES string of the molecule is CC(NC1CCN(C(N)=O)CC1)c1nnc2n1CCC2. The van der Waals surface area contributed by atoms with Crippen molar-refractivity contribution >= 4 is 6.03 Å². The third-order valence-electron chi connectivity index (χ3n) is 4.32. The molecule has 0 aromatic carbocycles. The van der Waals surface area contributed by atoms with E-state index < -0.39 is 0 Å². The number of carbonyl (C=O) groups excluding carboxylic acids is 1. The summed E-state index contributed by atoms with van der Waals surface area (Å²) >= 11 is 0. The van der Waals surface area contributed by atoms with Crippen LogP contribution in [0.3, 0.4) is 0 Å². The largest absolute Gasteiger partial charge is 0.351 e. The highest BCUT2D eigenvalue weighted by Gasteiger charge is 2.26. The van der Waals surface area contributed by atoms with Crippen LogP contribution in [0.5, 0.6) is 0 Å². The van der Waals surface area contributed by atoms with Gasteiger partial charge < -0.3 is 20.5 Å². The highest BCUT2D eigenvalue weighted by atomic mass is 16.2. The molecule has 0 spiro atoms. The lowest BCUT2D eigenvalue weighted by Crippen LogP contribution is -2.47. The molecule has 1 atom stereocenters. The van der Waals surface area contributed by atoms with Gasteiger partial charge in [0.1, 0.15) is 11.6 Å². The Hall–Kier alpha value is -1.63. The summed E-state index contributed by atoms with van der Waals surface area (Å²) in [6, 6.07) is 0.293. The maximum atomic E-state index is 11.1. The molecule has 3 rings (SSSR count). The fourth-order valence-corrected chi connectivity index (χ4v) is 3.19. The normalized spacial score (nSPS) is 20.9. The molecule has 1 saturated heterocycles. The molecule has 0 aliphatic carbocycles. The predicted molar refractivity (Wildman–Crippen MR) is 74.1 cm³/mol. The monoisotopic (exact) mass is 278 g/mol. The van der Waals surface area contributed by atoms with Crippen molar-refractivity contribution in [2.24, 2.45) is 5.73 Å². The summed E-state index contributed by atoms with van der Waals surface area (Å²) in [6.07, 6.45) is 4.08. The van der Waals surface area contributed by atoms with E-state index in [4.69, 9.17) is 5.73 Å². The molecule has 2 amide bonds. The minimum atomic E-state index is -0.313. The fraction of sp³-hybridized carbons (Fsp3) is 0.769. The van der Waals surface area contributed by atoms with Crippen molar-refractivity contribution < 1.29 is 4.79 Å². The van der Waals surface area contributed by atoms with E-state index in [1.54, 1.807) is 4.90 Å². The summed E-state index contributed by atoms with van der Waals surface area (Å²) in [5.41, 5.74) is 5.30. The van der Waals surface area contributed by atoms with Crippen LogP contribution >= 0.6 is 0 Å². The van der Waals surface area contributed by atoms with Crippen LogP contribution in [0, 0.1) is 0 Å². The van der Waals surface area contributed by atoms with Gasteiger partial charge in [-0.05, 0) is 26.2 Å². The lowest BCUT2D eigenvalue weighted by Gasteiger charge is -2.32. The standard InChI is InChI=1S/C13H22N6O/c1-9(12-17-16-11-3-2-6-19(11)12)15-10-4-7-18(8-5-10)13(14)20/h9-10,15H,2-8H2,1H3,(H2,14,20). The van der Waals surface area contributed by atoms with Gasteiger partial charge in [-0.1, -0.05) is 0 Å². The summed E-state index contributed by atoms with van der Waals surface area (Å²) in [5, 5.41) is 12.2. The number of rotatable bonds is 3. The van der Waals surface area contributed by atoms with Crippen LogP contribution in [-0.2, 0) is 13.0 Å². The molecule has 3 N–H and O–H groups in total. The van der Waals surface area contributed by atoms with Crippen molar-refractivity contribution in [3.63, 3.8) is 0 Å². The first-order valence-electron chi connectivity index (χ1n) is 7.37. The third-order valence-corrected chi connectivity index (χ3v) is 4.32. The number of hydrogen-bond acceptors (Lipinski definition) is 4. The molecule has 0 bridgehead atoms. The van der Waals surface area contributed by atoms with Crippen LogP contribution in [0.1, 0.15) is 43.9 Å². The number of carbonyl (C=O) groups is 1. The molecule has 3 heterocycles. The molecule has 7 heteroatoms. The molecule has 2 aliphatic rings. The number of urea groups is 1. The Morgan fingerprint density at radius 3 is 2.80 bits per heavy atom. The van der Waals surface area contributed by atoms with Gasteiger partial charge in [0, 0.05) is 32.1 Å². The molecule has 1 unspecified atom stereocenters. The number of hydrogen-bond donors (Lipinski definition) is 2. The third kappa shape index (κ3) is 2.49. The summed E-state index contributed by atoms with van der Waals surface area (Å²) in [7, 11) is 0. The molecule has 20 heavy (non-hydrogen) atoms. The zero-order valence-electron chi connectivity index (χ0n) is 11.9. The van der Waals surface area contributed by atoms with Gasteiger partial charge in [-0.15, -0.1) is 10.2 Å². The second kappa shape index (κ2) is 5.40. The molecular weight excluding hydrogens is 256 g/mol. The first-order valence-corrected chi connectivity index (χ1v) is 7.37. The molecule has 1 aromatic heterocycles. The second-order valence-corrected chi connectivity index (χ2v) is 5.72. The quantitative estimate of drug-likeness (QED) is 0.838. The predicted octanol–water partition coefficient (Wildman–Crippen LogP) is 0.418. The molecular formula is C13H22N6O. The minimum Gasteiger partial charge on any atom is -0.351 e. The van der Waals surface area contributed by atoms with Crippen LogP contribution < -0.4 is 11.1 Å². The highest BCUT2D eigenvalue weighted by molar-refractivity contribution is 5.72. The zero-order chi connectivity index (χ0) is 14.1. The Labute approximate surface area is 118 Å². The maximum absolute atomic E-state index is 11.1. The topological polar surface area (TPSA) is 89.1 Å². The Morgan fingerprint density at radius 2 is 2.10 bits per heavy atom. The average Bonchev–Trinajstić information content (AvgIpc) is 3.01. The van der Waals surface area contributed by atoms with E-state index in [0.717, 1.165) is 50.5 Å². The van der Waals surface area contributed by atoms with E-state index in [1.807, 2.05) is 0 Å². The number of primary amides is 1. The van der Waals surface area contributed by atoms with Crippen molar-refractivity contribution in [2.75, 3.05) is 13.1 Å². The summed E-state index contributed by atoms with van der Waals surface area (Å²) in [4.78, 5) is 12.8. The van der Waals surface area contributed by atoms with E-state index in [9.17, 15) is 4.79 Å². The lowest BCUT2D eigenvalue weighted by molar-refractivity contribution is 0.182. The van der Waals surface area contributed by atoms with E-state index in [1.165, 1.54) is 6.42 Å². The van der Waals surface area contributed by atoms with Crippen LogP contribution in [-0.4, -0.2) is 44.8 Å². The van der Waals surface area contributed by atoms with Crippen molar-refractivity contribution in [1.29, 1.82) is 0 Å². The van der Waals surface area contributed by atoms with Crippen LogP contribution in [0.4, 0.5) is 4.79 Å². The van der Waals surface area contributed by atoms with Crippen LogP contribution in [0.25, 0.3) is 0 Å². The van der Waals surface area contributed by atoms with E-state index in [-0.39, 0.29) is 12.1 Å². The van der Waals surface area contributed by atoms with Gasteiger partial charge in [0.25, 0.3) is 0 Å². The molecule has 7 nitrogen and oxygen atoms in total. The second-order valence-electron chi connectivity index (χ2n) is 5.72. The van der Waals surface area contributed by atoms with Crippen molar-refractivity contribution in [2.45, 2.75) is 51.2 Å². The molecule has 1 fully saturated rings. The van der Waals surface area contributed by atoms with E-state index in [0.29, 0.717) is 6.04 Å². The summed E-state index contributed by atoms with van der Waals surface area (Å²) in [6.45, 7) is 4.63.